The van der Waals surface area contributed by atoms with Crippen molar-refractivity contribution in [2.45, 2.75) is 65.0 Å². The van der Waals surface area contributed by atoms with E-state index >= 15 is 0 Å². The van der Waals surface area contributed by atoms with Crippen LogP contribution in [0.15, 0.2) is 24.3 Å². The molecule has 0 aromatic heterocycles. The van der Waals surface area contributed by atoms with E-state index in [2.05, 4.69) is 0 Å². The van der Waals surface area contributed by atoms with Crippen molar-refractivity contribution in [2.75, 3.05) is 6.61 Å². The third-order valence-electron chi connectivity index (χ3n) is 5.89. The Morgan fingerprint density at radius 2 is 1.56 bits per heavy atom. The van der Waals surface area contributed by atoms with Crippen molar-refractivity contribution in [3.63, 3.8) is 0 Å². The molecule has 208 valence electrons. The summed E-state index contributed by atoms with van der Waals surface area (Å²) in [5, 5.41) is 10.7. The summed E-state index contributed by atoms with van der Waals surface area (Å²) in [7, 11) is 0. The number of aliphatic hydroxyl groups is 1. The molecule has 39 heavy (non-hydrogen) atoms. The number of benzene rings is 2. The van der Waals surface area contributed by atoms with E-state index in [-0.39, 0.29) is 29.1 Å². The number of rotatable bonds is 7. The number of esters is 5. The van der Waals surface area contributed by atoms with E-state index in [0.29, 0.717) is 10.9 Å². The number of aliphatic hydroxyl groups excluding tert-OH is 1. The molecular weight excluding hydrogens is 520 g/mol. The molecule has 4 rings (SSSR count). The van der Waals surface area contributed by atoms with Crippen molar-refractivity contribution in [2.24, 2.45) is 0 Å². The van der Waals surface area contributed by atoms with Gasteiger partial charge < -0.3 is 38.3 Å². The normalized spacial score (nSPS) is 23.8. The van der Waals surface area contributed by atoms with Gasteiger partial charge in [0.25, 0.3) is 0 Å². The quantitative estimate of drug-likeness (QED) is 0.300. The van der Waals surface area contributed by atoms with Gasteiger partial charge in [-0.25, -0.2) is 4.79 Å². The molecule has 13 heteroatoms. The lowest BCUT2D eigenvalue weighted by Crippen LogP contribution is -2.63. The number of carbonyl (C=O) groups excluding carboxylic acids is 5. The Morgan fingerprint density at radius 3 is 2.18 bits per heavy atom. The van der Waals surface area contributed by atoms with E-state index in [0.717, 1.165) is 20.8 Å². The summed E-state index contributed by atoms with van der Waals surface area (Å²) in [6, 6.07) is 6.48. The van der Waals surface area contributed by atoms with E-state index in [4.69, 9.17) is 33.2 Å². The highest BCUT2D eigenvalue weighted by molar-refractivity contribution is 6.07. The van der Waals surface area contributed by atoms with Crippen molar-refractivity contribution >= 4 is 40.6 Å². The van der Waals surface area contributed by atoms with E-state index in [1.807, 2.05) is 0 Å². The lowest BCUT2D eigenvalue weighted by atomic mass is 9.97. The molecule has 2 heterocycles. The van der Waals surface area contributed by atoms with Gasteiger partial charge in [-0.2, -0.15) is 0 Å². The summed E-state index contributed by atoms with van der Waals surface area (Å²) in [5.74, 6) is -3.80. The van der Waals surface area contributed by atoms with Gasteiger partial charge in [-0.3, -0.25) is 19.2 Å². The molecule has 0 spiro atoms. The topological polar surface area (TPSA) is 170 Å². The zero-order valence-electron chi connectivity index (χ0n) is 21.5. The second kappa shape index (κ2) is 11.3. The standard InChI is InChI=1S/C26H26O13/c1-11(28)34-21-18(9-27)39-26(24(37-14(4)31)23(21)36-13(3)30)38-17-7-5-6-15-8-16-10-33-25(32)20(16)22(19(15)17)35-12(2)29/h5-8,18,21,23-24,26-27H,9-10H2,1-4H3. The van der Waals surface area contributed by atoms with Crippen LogP contribution < -0.4 is 9.47 Å². The highest BCUT2D eigenvalue weighted by Crippen LogP contribution is 2.43. The second-order valence-electron chi connectivity index (χ2n) is 8.83. The zero-order chi connectivity index (χ0) is 28.4. The molecular formula is C26H26O13. The fourth-order valence-electron chi connectivity index (χ4n) is 4.56. The summed E-state index contributed by atoms with van der Waals surface area (Å²) in [4.78, 5) is 60.2. The van der Waals surface area contributed by atoms with Gasteiger partial charge in [0, 0.05) is 33.3 Å². The Hall–Kier alpha value is -4.23. The number of hydrogen-bond acceptors (Lipinski definition) is 13. The highest BCUT2D eigenvalue weighted by atomic mass is 16.7. The predicted molar refractivity (Wildman–Crippen MR) is 127 cm³/mol. The van der Waals surface area contributed by atoms with Gasteiger partial charge in [-0.05, 0) is 17.5 Å². The van der Waals surface area contributed by atoms with Crippen LogP contribution in [0.4, 0.5) is 0 Å². The van der Waals surface area contributed by atoms with Crippen LogP contribution in [0.2, 0.25) is 0 Å². The molecule has 2 aromatic rings. The fraction of sp³-hybridized carbons (Fsp3) is 0.423. The largest absolute Gasteiger partial charge is 0.460 e. The molecule has 0 amide bonds. The van der Waals surface area contributed by atoms with Gasteiger partial charge in [0.2, 0.25) is 12.4 Å². The second-order valence-corrected chi connectivity index (χ2v) is 8.83. The summed E-state index contributed by atoms with van der Waals surface area (Å²) in [6.45, 7) is 3.79. The van der Waals surface area contributed by atoms with Crippen LogP contribution in [0.3, 0.4) is 0 Å². The van der Waals surface area contributed by atoms with Crippen LogP contribution in [-0.4, -0.2) is 72.3 Å². The minimum atomic E-state index is -1.52. The molecule has 1 N–H and O–H groups in total. The SMILES string of the molecule is CC(=O)Oc1c2c(cc3cccc(OC4OC(CO)C(OC(C)=O)C(OC(C)=O)C4OC(C)=O)c13)COC2=O. The van der Waals surface area contributed by atoms with Crippen molar-refractivity contribution < 1.29 is 62.2 Å². The number of cyclic esters (lactones) is 1. The van der Waals surface area contributed by atoms with Crippen LogP contribution in [-0.2, 0) is 49.5 Å². The summed E-state index contributed by atoms with van der Waals surface area (Å²) in [6.07, 6.45) is -7.00. The van der Waals surface area contributed by atoms with E-state index < -0.39 is 67.2 Å². The summed E-state index contributed by atoms with van der Waals surface area (Å²) < 4.78 is 38.5. The molecule has 2 aliphatic rings. The highest BCUT2D eigenvalue weighted by Gasteiger charge is 2.53. The van der Waals surface area contributed by atoms with Gasteiger partial charge in [-0.1, -0.05) is 12.1 Å². The molecule has 1 fully saturated rings. The first-order chi connectivity index (χ1) is 18.5. The number of hydrogen-bond donors (Lipinski definition) is 1. The minimum Gasteiger partial charge on any atom is -0.460 e. The molecule has 1 saturated heterocycles. The molecule has 0 bridgehead atoms. The first kappa shape index (κ1) is 27.8. The Bertz CT molecular complexity index is 1330. The average molecular weight is 546 g/mol. The van der Waals surface area contributed by atoms with Gasteiger partial charge in [0.15, 0.2) is 18.0 Å². The molecule has 5 atom stereocenters. The average Bonchev–Trinajstić information content (AvgIpc) is 3.21. The number of carbonyl (C=O) groups is 5. The Morgan fingerprint density at radius 1 is 0.923 bits per heavy atom. The van der Waals surface area contributed by atoms with Crippen LogP contribution in [0.25, 0.3) is 10.8 Å². The first-order valence-corrected chi connectivity index (χ1v) is 11.9. The van der Waals surface area contributed by atoms with Crippen molar-refractivity contribution in [1.29, 1.82) is 0 Å². The first-order valence-electron chi connectivity index (χ1n) is 11.9. The zero-order valence-corrected chi connectivity index (χ0v) is 21.5. The Balaban J connectivity index is 1.84. The smallest absolute Gasteiger partial charge is 0.342 e. The van der Waals surface area contributed by atoms with E-state index in [1.165, 1.54) is 13.0 Å². The molecule has 5 unspecified atom stereocenters. The third kappa shape index (κ3) is 5.78. The molecule has 0 aliphatic carbocycles. The maximum Gasteiger partial charge on any atom is 0.342 e. The van der Waals surface area contributed by atoms with Gasteiger partial charge in [-0.15, -0.1) is 0 Å². The van der Waals surface area contributed by atoms with Crippen molar-refractivity contribution in [3.8, 4) is 11.5 Å². The maximum atomic E-state index is 12.5. The minimum absolute atomic E-state index is 0.0104. The maximum absolute atomic E-state index is 12.5. The van der Waals surface area contributed by atoms with Crippen molar-refractivity contribution in [3.05, 3.63) is 35.4 Å². The van der Waals surface area contributed by atoms with Crippen LogP contribution in [0.5, 0.6) is 11.5 Å². The number of ether oxygens (including phenoxy) is 7. The Kier molecular flexibility index (Phi) is 8.02. The number of fused-ring (bicyclic) bond motifs is 2. The van der Waals surface area contributed by atoms with E-state index in [9.17, 15) is 29.1 Å². The third-order valence-corrected chi connectivity index (χ3v) is 5.89. The lowest BCUT2D eigenvalue weighted by molar-refractivity contribution is -0.287. The monoisotopic (exact) mass is 546 g/mol. The molecule has 2 aromatic carbocycles. The fourth-order valence-corrected chi connectivity index (χ4v) is 4.56. The summed E-state index contributed by atoms with van der Waals surface area (Å²) in [5.41, 5.74) is 0.558. The Labute approximate surface area is 221 Å². The van der Waals surface area contributed by atoms with Crippen LogP contribution in [0, 0.1) is 0 Å². The van der Waals surface area contributed by atoms with Crippen LogP contribution in [0.1, 0.15) is 43.6 Å². The molecule has 0 radical (unpaired) electrons. The van der Waals surface area contributed by atoms with Gasteiger partial charge >= 0.3 is 29.8 Å². The van der Waals surface area contributed by atoms with E-state index in [1.54, 1.807) is 18.2 Å². The van der Waals surface area contributed by atoms with Gasteiger partial charge in [0.1, 0.15) is 24.0 Å². The predicted octanol–water partition coefficient (Wildman–Crippen LogP) is 1.33. The molecule has 2 aliphatic heterocycles. The summed E-state index contributed by atoms with van der Waals surface area (Å²) >= 11 is 0. The lowest BCUT2D eigenvalue weighted by Gasteiger charge is -2.43. The van der Waals surface area contributed by atoms with Gasteiger partial charge in [0.05, 0.1) is 12.0 Å². The van der Waals surface area contributed by atoms with Crippen molar-refractivity contribution in [1.82, 2.24) is 0 Å². The molecule has 13 nitrogen and oxygen atoms in total. The molecule has 0 saturated carbocycles. The van der Waals surface area contributed by atoms with Crippen LogP contribution >= 0.6 is 0 Å².